The van der Waals surface area contributed by atoms with Crippen LogP contribution in [-0.2, 0) is 14.8 Å². The van der Waals surface area contributed by atoms with Crippen molar-refractivity contribution in [1.29, 1.82) is 0 Å². The summed E-state index contributed by atoms with van der Waals surface area (Å²) in [7, 11) is -0.673. The van der Waals surface area contributed by atoms with Crippen LogP contribution in [0.25, 0.3) is 0 Å². The first-order chi connectivity index (χ1) is 18.6. The largest absolute Gasteiger partial charge is 0.492 e. The van der Waals surface area contributed by atoms with E-state index in [0.29, 0.717) is 18.0 Å². The van der Waals surface area contributed by atoms with Crippen molar-refractivity contribution < 1.29 is 22.3 Å². The van der Waals surface area contributed by atoms with Crippen LogP contribution in [0.4, 0.5) is 33.2 Å². The van der Waals surface area contributed by atoms with Crippen LogP contribution in [0.1, 0.15) is 20.3 Å². The van der Waals surface area contributed by atoms with E-state index in [1.54, 1.807) is 24.0 Å². The van der Waals surface area contributed by atoms with Gasteiger partial charge in [-0.1, -0.05) is 12.1 Å². The van der Waals surface area contributed by atoms with Crippen LogP contribution in [0.2, 0.25) is 0 Å². The average Bonchev–Trinajstić information content (AvgIpc) is 3.41. The van der Waals surface area contributed by atoms with Crippen LogP contribution in [0.3, 0.4) is 0 Å². The second-order valence-electron chi connectivity index (χ2n) is 8.98. The number of hydrogen-bond acceptors (Lipinski definition) is 9. The number of halogens is 1. The van der Waals surface area contributed by atoms with Gasteiger partial charge in [-0.05, 0) is 44.7 Å². The lowest BCUT2D eigenvalue weighted by atomic mass is 10.2. The molecule has 1 fully saturated rings. The Morgan fingerprint density at radius 3 is 2.69 bits per heavy atom. The normalized spacial score (nSPS) is 15.2. The molecule has 1 aliphatic heterocycles. The molecular formula is C26H32FN7O4S. The molecule has 4 rings (SSSR count). The van der Waals surface area contributed by atoms with Gasteiger partial charge in [-0.15, -0.1) is 0 Å². The molecule has 0 saturated carbocycles. The second-order valence-corrected chi connectivity index (χ2v) is 10.8. The second kappa shape index (κ2) is 11.8. The van der Waals surface area contributed by atoms with Crippen LogP contribution >= 0.6 is 0 Å². The predicted molar refractivity (Wildman–Crippen MR) is 148 cm³/mol. The van der Waals surface area contributed by atoms with Gasteiger partial charge in [-0.25, -0.2) is 22.5 Å². The number of rotatable bonds is 10. The lowest BCUT2D eigenvalue weighted by Crippen LogP contribution is -2.37. The van der Waals surface area contributed by atoms with Crippen molar-refractivity contribution in [1.82, 2.24) is 19.6 Å². The molecule has 3 N–H and O–H groups in total. The Labute approximate surface area is 227 Å². The van der Waals surface area contributed by atoms with Crippen molar-refractivity contribution in [2.24, 2.45) is 0 Å². The number of nitrogens with one attached hydrogen (secondary N) is 3. The first kappa shape index (κ1) is 28.0. The third-order valence-electron chi connectivity index (χ3n) is 6.53. The van der Waals surface area contributed by atoms with E-state index < -0.39 is 15.8 Å². The molecule has 1 atom stereocenters. The van der Waals surface area contributed by atoms with E-state index in [0.717, 1.165) is 31.4 Å². The Morgan fingerprint density at radius 2 is 1.97 bits per heavy atom. The van der Waals surface area contributed by atoms with E-state index in [4.69, 9.17) is 4.74 Å². The number of hydrogen-bond donors (Lipinski definition) is 3. The molecule has 2 aromatic carbocycles. The SMILES string of the molecule is CCOc1cc(N2CCC(N(C)C(C)=O)C2)ccc1Nc1ncc(F)c(Nc2ccccc2S(=O)(=O)NC)n1. The summed E-state index contributed by atoms with van der Waals surface area (Å²) in [5.74, 6) is -0.260. The van der Waals surface area contributed by atoms with Gasteiger partial charge in [0.2, 0.25) is 21.9 Å². The number of carbonyl (C=O) groups excluding carboxylic acids is 1. The Morgan fingerprint density at radius 1 is 1.21 bits per heavy atom. The summed E-state index contributed by atoms with van der Waals surface area (Å²) in [6.07, 6.45) is 1.87. The van der Waals surface area contributed by atoms with E-state index in [1.807, 2.05) is 32.2 Å². The number of carbonyl (C=O) groups is 1. The topological polar surface area (TPSA) is 129 Å². The highest BCUT2D eigenvalue weighted by Crippen LogP contribution is 2.34. The van der Waals surface area contributed by atoms with Gasteiger partial charge in [0.1, 0.15) is 10.6 Å². The molecule has 39 heavy (non-hydrogen) atoms. The van der Waals surface area contributed by atoms with Gasteiger partial charge in [0.15, 0.2) is 11.6 Å². The summed E-state index contributed by atoms with van der Waals surface area (Å²) in [6.45, 7) is 5.38. The van der Waals surface area contributed by atoms with Crippen molar-refractivity contribution >= 4 is 44.8 Å². The number of amides is 1. The fraction of sp³-hybridized carbons (Fsp3) is 0.346. The van der Waals surface area contributed by atoms with E-state index in [-0.39, 0.29) is 34.3 Å². The third-order valence-corrected chi connectivity index (χ3v) is 8.00. The summed E-state index contributed by atoms with van der Waals surface area (Å²) in [4.78, 5) is 24.0. The van der Waals surface area contributed by atoms with Crippen molar-refractivity contribution in [2.75, 3.05) is 49.3 Å². The number of nitrogens with zero attached hydrogens (tertiary/aromatic N) is 4. The molecule has 208 valence electrons. The molecule has 0 spiro atoms. The molecule has 13 heteroatoms. The Kier molecular flexibility index (Phi) is 8.51. The summed E-state index contributed by atoms with van der Waals surface area (Å²) in [5.41, 5.74) is 1.69. The number of benzene rings is 2. The summed E-state index contributed by atoms with van der Waals surface area (Å²) >= 11 is 0. The van der Waals surface area contributed by atoms with Crippen molar-refractivity contribution in [3.63, 3.8) is 0 Å². The van der Waals surface area contributed by atoms with E-state index in [1.165, 1.54) is 19.2 Å². The molecule has 1 unspecified atom stereocenters. The standard InChI is InChI=1S/C26H32FN7O4S/c1-5-38-23-14-18(34-13-12-19(16-34)33(4)17(2)35)10-11-21(23)31-26-29-15-20(27)25(32-26)30-22-8-6-7-9-24(22)39(36,37)28-3/h6-11,14-15,19,28H,5,12-13,16H2,1-4H3,(H2,29,30,31,32). The first-order valence-corrected chi connectivity index (χ1v) is 14.0. The van der Waals surface area contributed by atoms with Crippen molar-refractivity contribution in [3.05, 3.63) is 54.5 Å². The smallest absolute Gasteiger partial charge is 0.242 e. The number of aromatic nitrogens is 2. The number of ether oxygens (including phenoxy) is 1. The van der Waals surface area contributed by atoms with Crippen LogP contribution in [0.15, 0.2) is 53.6 Å². The molecule has 1 amide bonds. The predicted octanol–water partition coefficient (Wildman–Crippen LogP) is 3.47. The quantitative estimate of drug-likeness (QED) is 0.343. The highest BCUT2D eigenvalue weighted by molar-refractivity contribution is 7.89. The zero-order chi connectivity index (χ0) is 28.2. The lowest BCUT2D eigenvalue weighted by Gasteiger charge is -2.25. The molecule has 1 saturated heterocycles. The van der Waals surface area contributed by atoms with Crippen LogP contribution in [-0.4, -0.2) is 69.0 Å². The third kappa shape index (κ3) is 6.37. The van der Waals surface area contributed by atoms with Gasteiger partial charge in [0, 0.05) is 38.8 Å². The van der Waals surface area contributed by atoms with Crippen LogP contribution in [0.5, 0.6) is 5.75 Å². The molecule has 3 aromatic rings. The number of likely N-dealkylation sites (N-methyl/N-ethyl adjacent to an activating group) is 1. The molecule has 0 bridgehead atoms. The van der Waals surface area contributed by atoms with Crippen molar-refractivity contribution in [2.45, 2.75) is 31.2 Å². The number of anilines is 5. The number of sulfonamides is 1. The minimum Gasteiger partial charge on any atom is -0.492 e. The van der Waals surface area contributed by atoms with Gasteiger partial charge in [-0.2, -0.15) is 4.98 Å². The Balaban J connectivity index is 1.57. The maximum Gasteiger partial charge on any atom is 0.242 e. The maximum absolute atomic E-state index is 14.6. The molecule has 2 heterocycles. The van der Waals surface area contributed by atoms with Gasteiger partial charge in [0.25, 0.3) is 0 Å². The molecule has 0 aliphatic carbocycles. The first-order valence-electron chi connectivity index (χ1n) is 12.5. The molecule has 0 radical (unpaired) electrons. The maximum atomic E-state index is 14.6. The molecule has 1 aromatic heterocycles. The monoisotopic (exact) mass is 557 g/mol. The van der Waals surface area contributed by atoms with Gasteiger partial charge in [0.05, 0.1) is 30.2 Å². The van der Waals surface area contributed by atoms with Crippen LogP contribution in [0, 0.1) is 5.82 Å². The van der Waals surface area contributed by atoms with Gasteiger partial charge in [-0.3, -0.25) is 4.79 Å². The van der Waals surface area contributed by atoms with E-state index in [2.05, 4.69) is 30.2 Å². The fourth-order valence-corrected chi connectivity index (χ4v) is 5.20. The highest BCUT2D eigenvalue weighted by atomic mass is 32.2. The minimum atomic E-state index is -3.79. The fourth-order valence-electron chi connectivity index (χ4n) is 4.31. The van der Waals surface area contributed by atoms with Gasteiger partial charge >= 0.3 is 0 Å². The molecular weight excluding hydrogens is 525 g/mol. The lowest BCUT2D eigenvalue weighted by molar-refractivity contribution is -0.129. The van der Waals surface area contributed by atoms with Crippen LogP contribution < -0.4 is 25.0 Å². The molecule has 11 nitrogen and oxygen atoms in total. The highest BCUT2D eigenvalue weighted by Gasteiger charge is 2.27. The summed E-state index contributed by atoms with van der Waals surface area (Å²) in [5, 5.41) is 5.83. The summed E-state index contributed by atoms with van der Waals surface area (Å²) in [6, 6.07) is 11.9. The van der Waals surface area contributed by atoms with E-state index >= 15 is 0 Å². The summed E-state index contributed by atoms with van der Waals surface area (Å²) < 4.78 is 47.5. The average molecular weight is 558 g/mol. The van der Waals surface area contributed by atoms with E-state index in [9.17, 15) is 17.6 Å². The Hall–Kier alpha value is -3.97. The zero-order valence-corrected chi connectivity index (χ0v) is 23.0. The van der Waals surface area contributed by atoms with Gasteiger partial charge < -0.3 is 25.2 Å². The van der Waals surface area contributed by atoms with Crippen molar-refractivity contribution in [3.8, 4) is 5.75 Å². The minimum absolute atomic E-state index is 0.0386. The number of para-hydroxylation sites is 1. The zero-order valence-electron chi connectivity index (χ0n) is 22.2. The molecule has 1 aliphatic rings. The Bertz CT molecular complexity index is 1450.